The van der Waals surface area contributed by atoms with Crippen molar-refractivity contribution in [1.29, 1.82) is 0 Å². The molecule has 0 atom stereocenters. The number of carbonyl (C=O) groups is 1. The van der Waals surface area contributed by atoms with E-state index in [1.165, 1.54) is 5.56 Å². The van der Waals surface area contributed by atoms with Crippen LogP contribution in [-0.2, 0) is 4.79 Å². The van der Waals surface area contributed by atoms with Crippen molar-refractivity contribution < 1.29 is 4.79 Å². The molecule has 0 aromatic heterocycles. The fraction of sp³-hybridized carbons (Fsp3) is 0.250. The Balaban J connectivity index is 2.36. The van der Waals surface area contributed by atoms with Crippen LogP contribution in [0.4, 0.5) is 0 Å². The Morgan fingerprint density at radius 1 is 1.14 bits per heavy atom. The van der Waals surface area contributed by atoms with Gasteiger partial charge >= 0.3 is 0 Å². The van der Waals surface area contributed by atoms with Gasteiger partial charge < -0.3 is 4.79 Å². The molecule has 1 aromatic rings. The van der Waals surface area contributed by atoms with Gasteiger partial charge in [0.1, 0.15) is 6.29 Å². The van der Waals surface area contributed by atoms with Crippen LogP contribution in [0.25, 0.3) is 6.08 Å². The zero-order valence-corrected chi connectivity index (χ0v) is 9.53. The van der Waals surface area contributed by atoms with Crippen molar-refractivity contribution in [3.05, 3.63) is 40.4 Å². The summed E-state index contributed by atoms with van der Waals surface area (Å²) in [5.41, 5.74) is 1.19. The molecular weight excluding hydrogens is 240 g/mol. The lowest BCUT2D eigenvalue weighted by Gasteiger charge is -1.93. The van der Waals surface area contributed by atoms with Gasteiger partial charge in [0.25, 0.3) is 0 Å². The second kappa shape index (κ2) is 6.55. The molecule has 0 saturated carbocycles. The molecule has 1 nitrogen and oxygen atoms in total. The van der Waals surface area contributed by atoms with Gasteiger partial charge in [0.15, 0.2) is 0 Å². The Morgan fingerprint density at radius 3 is 2.50 bits per heavy atom. The van der Waals surface area contributed by atoms with E-state index < -0.39 is 0 Å². The Kier molecular flexibility index (Phi) is 5.23. The van der Waals surface area contributed by atoms with Crippen LogP contribution in [0.3, 0.4) is 0 Å². The average Bonchev–Trinajstić information content (AvgIpc) is 2.21. The number of rotatable bonds is 5. The monoisotopic (exact) mass is 252 g/mol. The molecule has 1 rings (SSSR count). The molecule has 0 aliphatic rings. The van der Waals surface area contributed by atoms with Crippen molar-refractivity contribution in [3.63, 3.8) is 0 Å². The van der Waals surface area contributed by atoms with Crippen LogP contribution in [0.1, 0.15) is 24.8 Å². The van der Waals surface area contributed by atoms with Crippen LogP contribution in [0.2, 0.25) is 0 Å². The van der Waals surface area contributed by atoms with E-state index in [1.54, 1.807) is 0 Å². The molecule has 0 unspecified atom stereocenters. The summed E-state index contributed by atoms with van der Waals surface area (Å²) in [6, 6.07) is 8.15. The lowest BCUT2D eigenvalue weighted by molar-refractivity contribution is -0.107. The Labute approximate surface area is 93.0 Å². The van der Waals surface area contributed by atoms with E-state index in [0.29, 0.717) is 6.42 Å². The molecule has 0 amide bonds. The number of benzene rings is 1. The molecule has 0 saturated heterocycles. The summed E-state index contributed by atoms with van der Waals surface area (Å²) in [6.45, 7) is 0. The minimum atomic E-state index is 0.657. The molecule has 0 N–H and O–H groups in total. The third-order valence-corrected chi connectivity index (χ3v) is 2.40. The number of aldehydes is 1. The number of hydrogen-bond donors (Lipinski definition) is 0. The van der Waals surface area contributed by atoms with E-state index >= 15 is 0 Å². The van der Waals surface area contributed by atoms with Gasteiger partial charge in [-0.1, -0.05) is 40.2 Å². The largest absolute Gasteiger partial charge is 0.303 e. The highest BCUT2D eigenvalue weighted by molar-refractivity contribution is 9.10. The third-order valence-electron chi connectivity index (χ3n) is 1.87. The maximum atomic E-state index is 10.0. The van der Waals surface area contributed by atoms with Gasteiger partial charge in [-0.3, -0.25) is 0 Å². The minimum Gasteiger partial charge on any atom is -0.303 e. The smallest absolute Gasteiger partial charge is 0.120 e. The number of allylic oxidation sites excluding steroid dienone is 1. The lowest BCUT2D eigenvalue weighted by atomic mass is 10.2. The molecule has 0 aliphatic heterocycles. The van der Waals surface area contributed by atoms with E-state index in [2.05, 4.69) is 40.2 Å². The van der Waals surface area contributed by atoms with Gasteiger partial charge in [-0.15, -0.1) is 0 Å². The second-order valence-electron chi connectivity index (χ2n) is 3.05. The molecule has 0 heterocycles. The van der Waals surface area contributed by atoms with Crippen LogP contribution in [0, 0.1) is 0 Å². The summed E-state index contributed by atoms with van der Waals surface area (Å²) in [7, 11) is 0. The molecule has 1 aromatic carbocycles. The van der Waals surface area contributed by atoms with Gasteiger partial charge in [-0.05, 0) is 30.5 Å². The van der Waals surface area contributed by atoms with Crippen molar-refractivity contribution in [1.82, 2.24) is 0 Å². The Morgan fingerprint density at radius 2 is 1.86 bits per heavy atom. The standard InChI is InChI=1S/C12H13BrO/c13-12-8-6-11(7-9-12)5-3-1-2-4-10-14/h3,5-10H,1-2,4H2/b5-3+. The summed E-state index contributed by atoms with van der Waals surface area (Å²) < 4.78 is 1.09. The predicted molar refractivity (Wildman–Crippen MR) is 63.1 cm³/mol. The molecular formula is C12H13BrO. The molecule has 0 bridgehead atoms. The van der Waals surface area contributed by atoms with Crippen molar-refractivity contribution in [2.24, 2.45) is 0 Å². The molecule has 0 fully saturated rings. The molecule has 14 heavy (non-hydrogen) atoms. The second-order valence-corrected chi connectivity index (χ2v) is 3.97. The highest BCUT2D eigenvalue weighted by atomic mass is 79.9. The zero-order valence-electron chi connectivity index (χ0n) is 7.95. The minimum absolute atomic E-state index is 0.657. The van der Waals surface area contributed by atoms with Crippen molar-refractivity contribution in [3.8, 4) is 0 Å². The summed E-state index contributed by atoms with van der Waals surface area (Å²) in [4.78, 5) is 10.0. The van der Waals surface area contributed by atoms with Crippen LogP contribution in [0.15, 0.2) is 34.8 Å². The fourth-order valence-electron chi connectivity index (χ4n) is 1.11. The van der Waals surface area contributed by atoms with Crippen molar-refractivity contribution in [2.75, 3.05) is 0 Å². The number of carbonyl (C=O) groups excluding carboxylic acids is 1. The molecule has 2 heteroatoms. The van der Waals surface area contributed by atoms with Crippen LogP contribution < -0.4 is 0 Å². The first-order valence-electron chi connectivity index (χ1n) is 4.68. The number of halogens is 1. The van der Waals surface area contributed by atoms with Gasteiger partial charge in [-0.2, -0.15) is 0 Å². The zero-order chi connectivity index (χ0) is 10.2. The molecule has 0 spiro atoms. The first-order chi connectivity index (χ1) is 6.83. The fourth-order valence-corrected chi connectivity index (χ4v) is 1.38. The summed E-state index contributed by atoms with van der Waals surface area (Å²) in [5, 5.41) is 0. The normalized spacial score (nSPS) is 10.6. The van der Waals surface area contributed by atoms with Gasteiger partial charge in [0.05, 0.1) is 0 Å². The third kappa shape index (κ3) is 4.38. The van der Waals surface area contributed by atoms with Gasteiger partial charge in [0.2, 0.25) is 0 Å². The van der Waals surface area contributed by atoms with E-state index in [9.17, 15) is 4.79 Å². The predicted octanol–water partition coefficient (Wildman–Crippen LogP) is 3.83. The first kappa shape index (κ1) is 11.2. The summed E-state index contributed by atoms with van der Waals surface area (Å²) in [6.07, 6.45) is 7.72. The molecule has 0 aliphatic carbocycles. The van der Waals surface area contributed by atoms with Crippen molar-refractivity contribution >= 4 is 28.3 Å². The van der Waals surface area contributed by atoms with Gasteiger partial charge in [-0.25, -0.2) is 0 Å². The van der Waals surface area contributed by atoms with Crippen LogP contribution in [0.5, 0.6) is 0 Å². The topological polar surface area (TPSA) is 17.1 Å². The highest BCUT2D eigenvalue weighted by Gasteiger charge is 1.87. The van der Waals surface area contributed by atoms with E-state index in [4.69, 9.17) is 0 Å². The average molecular weight is 253 g/mol. The summed E-state index contributed by atoms with van der Waals surface area (Å²) >= 11 is 3.38. The quantitative estimate of drug-likeness (QED) is 0.575. The van der Waals surface area contributed by atoms with E-state index in [1.807, 2.05) is 12.1 Å². The molecule has 74 valence electrons. The van der Waals surface area contributed by atoms with Crippen LogP contribution in [-0.4, -0.2) is 6.29 Å². The van der Waals surface area contributed by atoms with E-state index in [0.717, 1.165) is 23.6 Å². The van der Waals surface area contributed by atoms with Crippen LogP contribution >= 0.6 is 15.9 Å². The highest BCUT2D eigenvalue weighted by Crippen LogP contribution is 2.11. The summed E-state index contributed by atoms with van der Waals surface area (Å²) in [5.74, 6) is 0. The molecule has 0 radical (unpaired) electrons. The maximum absolute atomic E-state index is 10.0. The lowest BCUT2D eigenvalue weighted by Crippen LogP contribution is -1.74. The number of unbranched alkanes of at least 4 members (excludes halogenated alkanes) is 2. The SMILES string of the molecule is O=CCCC/C=C/c1ccc(Br)cc1. The Bertz CT molecular complexity index is 301. The van der Waals surface area contributed by atoms with Crippen molar-refractivity contribution in [2.45, 2.75) is 19.3 Å². The van der Waals surface area contributed by atoms with Gasteiger partial charge in [0, 0.05) is 10.9 Å². The maximum Gasteiger partial charge on any atom is 0.120 e. The number of hydrogen-bond acceptors (Lipinski definition) is 1. The first-order valence-corrected chi connectivity index (χ1v) is 5.48. The van der Waals surface area contributed by atoms with E-state index in [-0.39, 0.29) is 0 Å². The Hall–Kier alpha value is -0.890.